The topological polar surface area (TPSA) is 79.5 Å². The molecule has 0 amide bonds. The molecule has 0 saturated carbocycles. The van der Waals surface area contributed by atoms with Gasteiger partial charge in [-0.05, 0) is 63.1 Å². The number of esters is 1. The fourth-order valence-corrected chi connectivity index (χ4v) is 4.93. The van der Waals surface area contributed by atoms with Crippen molar-refractivity contribution in [2.24, 2.45) is 0 Å². The number of aromatic amines is 1. The molecule has 0 fully saturated rings. The number of hydrogen-bond donors (Lipinski definition) is 1. The summed E-state index contributed by atoms with van der Waals surface area (Å²) in [6.45, 7) is 7.58. The molecule has 6 nitrogen and oxygen atoms in total. The van der Waals surface area contributed by atoms with E-state index in [0.717, 1.165) is 23.3 Å². The molecule has 8 heteroatoms. The minimum absolute atomic E-state index is 0.00226. The molecular formula is C24H27FN2O4S. The molecule has 1 heterocycles. The number of carbonyl (C=O) groups excluding carboxylic acids is 1. The summed E-state index contributed by atoms with van der Waals surface area (Å²) in [7, 11) is -3.94. The van der Waals surface area contributed by atoms with Crippen LogP contribution in [0.15, 0.2) is 53.4 Å². The van der Waals surface area contributed by atoms with Gasteiger partial charge in [-0.25, -0.2) is 17.6 Å². The molecule has 0 spiro atoms. The molecule has 0 radical (unpaired) electrons. The van der Waals surface area contributed by atoms with E-state index in [2.05, 4.69) is 4.98 Å². The monoisotopic (exact) mass is 458 g/mol. The number of hydrogen-bond acceptors (Lipinski definition) is 4. The lowest BCUT2D eigenvalue weighted by atomic mass is 10.1. The third kappa shape index (κ3) is 5.08. The van der Waals surface area contributed by atoms with E-state index in [-0.39, 0.29) is 24.6 Å². The van der Waals surface area contributed by atoms with Crippen LogP contribution >= 0.6 is 0 Å². The van der Waals surface area contributed by atoms with Crippen molar-refractivity contribution in [3.8, 4) is 0 Å². The normalized spacial score (nSPS) is 11.7. The summed E-state index contributed by atoms with van der Waals surface area (Å²) in [5, 5.41) is 0. The predicted molar refractivity (Wildman–Crippen MR) is 120 cm³/mol. The summed E-state index contributed by atoms with van der Waals surface area (Å²) in [6.07, 6.45) is 0. The van der Waals surface area contributed by atoms with E-state index < -0.39 is 21.8 Å². The molecule has 0 atom stereocenters. The Morgan fingerprint density at radius 2 is 1.62 bits per heavy atom. The van der Waals surface area contributed by atoms with Gasteiger partial charge < -0.3 is 9.72 Å². The summed E-state index contributed by atoms with van der Waals surface area (Å²) in [6, 6.07) is 12.3. The largest absolute Gasteiger partial charge is 0.462 e. The van der Waals surface area contributed by atoms with Crippen LogP contribution in [0.1, 0.15) is 45.4 Å². The average molecular weight is 459 g/mol. The lowest BCUT2D eigenvalue weighted by molar-refractivity contribution is 0.0525. The highest BCUT2D eigenvalue weighted by Crippen LogP contribution is 2.25. The lowest BCUT2D eigenvalue weighted by Crippen LogP contribution is -2.30. The van der Waals surface area contributed by atoms with Gasteiger partial charge in [0.05, 0.1) is 23.6 Å². The number of aryl methyl sites for hydroxylation is 2. The molecule has 3 rings (SSSR count). The van der Waals surface area contributed by atoms with Crippen molar-refractivity contribution in [2.75, 3.05) is 6.61 Å². The van der Waals surface area contributed by atoms with E-state index in [1.807, 2.05) is 31.2 Å². The van der Waals surface area contributed by atoms with Crippen LogP contribution in [-0.4, -0.2) is 30.3 Å². The second kappa shape index (κ2) is 9.67. The van der Waals surface area contributed by atoms with Gasteiger partial charge in [0.25, 0.3) is 0 Å². The van der Waals surface area contributed by atoms with Gasteiger partial charge in [-0.1, -0.05) is 29.8 Å². The SMILES string of the molecule is CCOC(=O)c1c(C)[nH]c(CN(Cc2ccc(C)cc2)S(=O)(=O)c2ccc(F)cc2)c1C. The summed E-state index contributed by atoms with van der Waals surface area (Å²) < 4.78 is 46.8. The molecule has 0 saturated heterocycles. The first-order valence-corrected chi connectivity index (χ1v) is 11.7. The van der Waals surface area contributed by atoms with Gasteiger partial charge in [-0.3, -0.25) is 0 Å². The summed E-state index contributed by atoms with van der Waals surface area (Å²) >= 11 is 0. The van der Waals surface area contributed by atoms with Gasteiger partial charge in [0.1, 0.15) is 5.82 Å². The van der Waals surface area contributed by atoms with E-state index in [1.54, 1.807) is 20.8 Å². The lowest BCUT2D eigenvalue weighted by Gasteiger charge is -2.22. The molecule has 0 bridgehead atoms. The first-order chi connectivity index (χ1) is 15.1. The minimum atomic E-state index is -3.94. The second-order valence-corrected chi connectivity index (χ2v) is 9.60. The highest BCUT2D eigenvalue weighted by molar-refractivity contribution is 7.89. The molecule has 2 aromatic carbocycles. The zero-order valence-corrected chi connectivity index (χ0v) is 19.4. The number of nitrogens with one attached hydrogen (secondary N) is 1. The van der Waals surface area contributed by atoms with Crippen LogP contribution in [0.25, 0.3) is 0 Å². The third-order valence-electron chi connectivity index (χ3n) is 5.29. The van der Waals surface area contributed by atoms with Crippen LogP contribution < -0.4 is 0 Å². The third-order valence-corrected chi connectivity index (χ3v) is 7.09. The number of aromatic nitrogens is 1. The number of sulfonamides is 1. The minimum Gasteiger partial charge on any atom is -0.462 e. The second-order valence-electron chi connectivity index (χ2n) is 7.66. The van der Waals surface area contributed by atoms with Crippen molar-refractivity contribution in [3.05, 3.63) is 88.0 Å². The smallest absolute Gasteiger partial charge is 0.340 e. The summed E-state index contributed by atoms with van der Waals surface area (Å²) in [4.78, 5) is 15.5. The van der Waals surface area contributed by atoms with Crippen molar-refractivity contribution in [1.82, 2.24) is 9.29 Å². The van der Waals surface area contributed by atoms with Crippen LogP contribution in [0, 0.1) is 26.6 Å². The number of ether oxygens (including phenoxy) is 1. The number of rotatable bonds is 8. The van der Waals surface area contributed by atoms with Crippen LogP contribution in [-0.2, 0) is 27.8 Å². The number of carbonyl (C=O) groups is 1. The number of nitrogens with zero attached hydrogens (tertiary/aromatic N) is 1. The Labute approximate surface area is 188 Å². The zero-order valence-electron chi connectivity index (χ0n) is 18.6. The molecule has 0 unspecified atom stereocenters. The molecule has 0 aliphatic carbocycles. The zero-order chi connectivity index (χ0) is 23.5. The molecule has 1 aromatic heterocycles. The van der Waals surface area contributed by atoms with Crippen molar-refractivity contribution in [1.29, 1.82) is 0 Å². The highest BCUT2D eigenvalue weighted by atomic mass is 32.2. The van der Waals surface area contributed by atoms with E-state index in [9.17, 15) is 17.6 Å². The Bertz CT molecular complexity index is 1200. The Kier molecular flexibility index (Phi) is 7.16. The maximum absolute atomic E-state index is 13.5. The van der Waals surface area contributed by atoms with Crippen LogP contribution in [0.5, 0.6) is 0 Å². The Balaban J connectivity index is 2.01. The molecule has 3 aromatic rings. The standard InChI is InChI=1S/C24H27FN2O4S/c1-5-31-24(28)23-17(3)22(26-18(23)4)15-27(14-19-8-6-16(2)7-9-19)32(29,30)21-12-10-20(25)11-13-21/h6-13,26H,5,14-15H2,1-4H3. The molecule has 0 aliphatic heterocycles. The van der Waals surface area contributed by atoms with Gasteiger partial charge in [-0.15, -0.1) is 0 Å². The molecule has 170 valence electrons. The first kappa shape index (κ1) is 23.7. The highest BCUT2D eigenvalue weighted by Gasteiger charge is 2.28. The molecule has 1 N–H and O–H groups in total. The predicted octanol–water partition coefficient (Wildman–Crippen LogP) is 4.65. The van der Waals surface area contributed by atoms with Gasteiger partial charge in [-0.2, -0.15) is 4.31 Å². The van der Waals surface area contributed by atoms with E-state index >= 15 is 0 Å². The first-order valence-electron chi connectivity index (χ1n) is 10.3. The van der Waals surface area contributed by atoms with Crippen molar-refractivity contribution >= 4 is 16.0 Å². The summed E-state index contributed by atoms with van der Waals surface area (Å²) in [5.41, 5.74) is 4.15. The molecule has 32 heavy (non-hydrogen) atoms. The Morgan fingerprint density at radius 3 is 2.22 bits per heavy atom. The number of H-pyrrole nitrogens is 1. The van der Waals surface area contributed by atoms with Crippen molar-refractivity contribution in [2.45, 2.75) is 45.7 Å². The van der Waals surface area contributed by atoms with Crippen LogP contribution in [0.2, 0.25) is 0 Å². The Hall–Kier alpha value is -2.97. The summed E-state index contributed by atoms with van der Waals surface area (Å²) in [5.74, 6) is -0.958. The van der Waals surface area contributed by atoms with Crippen molar-refractivity contribution < 1.29 is 22.3 Å². The number of benzene rings is 2. The van der Waals surface area contributed by atoms with Gasteiger partial charge in [0, 0.05) is 17.9 Å². The maximum atomic E-state index is 13.5. The molecule has 0 aliphatic rings. The van der Waals surface area contributed by atoms with Crippen LogP contribution in [0.4, 0.5) is 4.39 Å². The van der Waals surface area contributed by atoms with Crippen molar-refractivity contribution in [3.63, 3.8) is 0 Å². The quantitative estimate of drug-likeness (QED) is 0.499. The van der Waals surface area contributed by atoms with E-state index in [4.69, 9.17) is 4.74 Å². The fraction of sp³-hybridized carbons (Fsp3) is 0.292. The van der Waals surface area contributed by atoms with Crippen LogP contribution in [0.3, 0.4) is 0 Å². The van der Waals surface area contributed by atoms with Gasteiger partial charge in [0.15, 0.2) is 0 Å². The fourth-order valence-electron chi connectivity index (χ4n) is 3.54. The molecular weight excluding hydrogens is 431 g/mol. The van der Waals surface area contributed by atoms with E-state index in [0.29, 0.717) is 22.5 Å². The Morgan fingerprint density at radius 1 is 1.00 bits per heavy atom. The number of halogens is 1. The van der Waals surface area contributed by atoms with Gasteiger partial charge in [0.2, 0.25) is 10.0 Å². The average Bonchev–Trinajstić information content (AvgIpc) is 3.02. The van der Waals surface area contributed by atoms with Gasteiger partial charge >= 0.3 is 5.97 Å². The maximum Gasteiger partial charge on any atom is 0.340 e. The van der Waals surface area contributed by atoms with E-state index in [1.165, 1.54) is 16.4 Å².